The molecule has 2 unspecified atom stereocenters. The molecule has 1 aromatic heterocycles. The normalized spacial score (nSPS) is 15.4. The standard InChI is InChI=1S/C11H21N3O2/c1-7(2)10(12)11-13-9(16-14-11)5-8(3)6-15-4/h7-8,10H,5-6,12H2,1-4H3. The van der Waals surface area contributed by atoms with Crippen molar-refractivity contribution in [3.63, 3.8) is 0 Å². The van der Waals surface area contributed by atoms with Crippen molar-refractivity contribution in [2.24, 2.45) is 17.6 Å². The topological polar surface area (TPSA) is 74.2 Å². The Kier molecular flexibility index (Phi) is 4.89. The molecule has 1 heterocycles. The SMILES string of the molecule is COCC(C)Cc1nc(C(N)C(C)C)no1. The summed E-state index contributed by atoms with van der Waals surface area (Å²) in [4.78, 5) is 4.30. The van der Waals surface area contributed by atoms with Gasteiger partial charge in [0.15, 0.2) is 5.82 Å². The fourth-order valence-corrected chi connectivity index (χ4v) is 1.43. The van der Waals surface area contributed by atoms with E-state index < -0.39 is 0 Å². The summed E-state index contributed by atoms with van der Waals surface area (Å²) in [6.45, 7) is 6.84. The molecular weight excluding hydrogens is 206 g/mol. The summed E-state index contributed by atoms with van der Waals surface area (Å²) >= 11 is 0. The molecule has 1 rings (SSSR count). The Balaban J connectivity index is 2.57. The molecule has 5 nitrogen and oxygen atoms in total. The summed E-state index contributed by atoms with van der Waals surface area (Å²) in [5, 5.41) is 3.90. The smallest absolute Gasteiger partial charge is 0.227 e. The second-order valence-corrected chi connectivity index (χ2v) is 4.58. The molecule has 0 radical (unpaired) electrons. The second kappa shape index (κ2) is 5.96. The molecule has 2 N–H and O–H groups in total. The first-order valence-electron chi connectivity index (χ1n) is 5.61. The van der Waals surface area contributed by atoms with E-state index in [1.165, 1.54) is 0 Å². The molecule has 2 atom stereocenters. The third kappa shape index (κ3) is 3.57. The molecule has 0 bridgehead atoms. The van der Waals surface area contributed by atoms with Gasteiger partial charge in [0.1, 0.15) is 0 Å². The van der Waals surface area contributed by atoms with Gasteiger partial charge >= 0.3 is 0 Å². The lowest BCUT2D eigenvalue weighted by Crippen LogP contribution is -2.18. The van der Waals surface area contributed by atoms with Gasteiger partial charge in [-0.3, -0.25) is 0 Å². The number of hydrogen-bond donors (Lipinski definition) is 1. The van der Waals surface area contributed by atoms with Crippen LogP contribution in [0.5, 0.6) is 0 Å². The van der Waals surface area contributed by atoms with E-state index in [0.717, 1.165) is 6.42 Å². The van der Waals surface area contributed by atoms with Gasteiger partial charge in [-0.1, -0.05) is 25.9 Å². The van der Waals surface area contributed by atoms with Crippen molar-refractivity contribution in [3.8, 4) is 0 Å². The van der Waals surface area contributed by atoms with Crippen molar-refractivity contribution in [3.05, 3.63) is 11.7 Å². The lowest BCUT2D eigenvalue weighted by Gasteiger charge is -2.09. The molecule has 0 fully saturated rings. The first-order chi connectivity index (χ1) is 7.54. The fourth-order valence-electron chi connectivity index (χ4n) is 1.43. The van der Waals surface area contributed by atoms with Gasteiger partial charge in [0.05, 0.1) is 6.04 Å². The quantitative estimate of drug-likeness (QED) is 0.798. The van der Waals surface area contributed by atoms with Gasteiger partial charge in [-0.05, 0) is 11.8 Å². The average Bonchev–Trinajstić information content (AvgIpc) is 2.65. The minimum Gasteiger partial charge on any atom is -0.384 e. The number of nitrogens with zero attached hydrogens (tertiary/aromatic N) is 2. The van der Waals surface area contributed by atoms with Gasteiger partial charge < -0.3 is 15.0 Å². The van der Waals surface area contributed by atoms with Crippen molar-refractivity contribution >= 4 is 0 Å². The fraction of sp³-hybridized carbons (Fsp3) is 0.818. The first-order valence-corrected chi connectivity index (χ1v) is 5.61. The average molecular weight is 227 g/mol. The molecule has 0 aliphatic heterocycles. The van der Waals surface area contributed by atoms with Crippen LogP contribution in [-0.2, 0) is 11.2 Å². The third-order valence-electron chi connectivity index (χ3n) is 2.47. The number of nitrogens with two attached hydrogens (primary N) is 1. The molecular formula is C11H21N3O2. The number of hydrogen-bond acceptors (Lipinski definition) is 5. The molecule has 16 heavy (non-hydrogen) atoms. The van der Waals surface area contributed by atoms with E-state index >= 15 is 0 Å². The zero-order valence-electron chi connectivity index (χ0n) is 10.4. The Hall–Kier alpha value is -0.940. The van der Waals surface area contributed by atoms with Gasteiger partial charge in [0.2, 0.25) is 5.89 Å². The Morgan fingerprint density at radius 1 is 1.38 bits per heavy atom. The van der Waals surface area contributed by atoms with Crippen LogP contribution < -0.4 is 5.73 Å². The second-order valence-electron chi connectivity index (χ2n) is 4.58. The maximum Gasteiger partial charge on any atom is 0.227 e. The summed E-state index contributed by atoms with van der Waals surface area (Å²) < 4.78 is 10.2. The van der Waals surface area contributed by atoms with E-state index in [1.807, 2.05) is 13.8 Å². The Morgan fingerprint density at radius 3 is 2.62 bits per heavy atom. The molecule has 0 amide bonds. The van der Waals surface area contributed by atoms with Crippen LogP contribution in [0.1, 0.15) is 38.5 Å². The van der Waals surface area contributed by atoms with E-state index in [9.17, 15) is 0 Å². The highest BCUT2D eigenvalue weighted by Crippen LogP contribution is 2.16. The van der Waals surface area contributed by atoms with Crippen LogP contribution in [0.3, 0.4) is 0 Å². The van der Waals surface area contributed by atoms with Crippen molar-refractivity contribution < 1.29 is 9.26 Å². The summed E-state index contributed by atoms with van der Waals surface area (Å²) in [6, 6.07) is -0.157. The minimum absolute atomic E-state index is 0.157. The van der Waals surface area contributed by atoms with Crippen LogP contribution >= 0.6 is 0 Å². The van der Waals surface area contributed by atoms with E-state index in [2.05, 4.69) is 17.1 Å². The maximum absolute atomic E-state index is 5.93. The number of ether oxygens (including phenoxy) is 1. The van der Waals surface area contributed by atoms with Gasteiger partial charge in [-0.15, -0.1) is 0 Å². The monoisotopic (exact) mass is 227 g/mol. The molecule has 5 heteroatoms. The highest BCUT2D eigenvalue weighted by atomic mass is 16.5. The van der Waals surface area contributed by atoms with Crippen LogP contribution in [-0.4, -0.2) is 23.9 Å². The largest absolute Gasteiger partial charge is 0.384 e. The number of methoxy groups -OCH3 is 1. The van der Waals surface area contributed by atoms with E-state index in [1.54, 1.807) is 7.11 Å². The molecule has 92 valence electrons. The van der Waals surface area contributed by atoms with E-state index in [-0.39, 0.29) is 6.04 Å². The van der Waals surface area contributed by atoms with Crippen LogP contribution in [0.2, 0.25) is 0 Å². The van der Waals surface area contributed by atoms with Crippen LogP contribution in [0.25, 0.3) is 0 Å². The Labute approximate surface area is 96.4 Å². The van der Waals surface area contributed by atoms with Crippen molar-refractivity contribution in [1.82, 2.24) is 10.1 Å². The van der Waals surface area contributed by atoms with Gasteiger partial charge in [-0.25, -0.2) is 0 Å². The summed E-state index contributed by atoms with van der Waals surface area (Å²) in [6.07, 6.45) is 0.728. The lowest BCUT2D eigenvalue weighted by atomic mass is 10.1. The van der Waals surface area contributed by atoms with Crippen LogP contribution in [0.15, 0.2) is 4.52 Å². The lowest BCUT2D eigenvalue weighted by molar-refractivity contribution is 0.155. The first kappa shape index (κ1) is 13.1. The van der Waals surface area contributed by atoms with Gasteiger partial charge in [0, 0.05) is 20.1 Å². The molecule has 0 saturated heterocycles. The van der Waals surface area contributed by atoms with Gasteiger partial charge in [0.25, 0.3) is 0 Å². The maximum atomic E-state index is 5.93. The van der Waals surface area contributed by atoms with E-state index in [0.29, 0.717) is 30.2 Å². The van der Waals surface area contributed by atoms with Crippen LogP contribution in [0, 0.1) is 11.8 Å². The van der Waals surface area contributed by atoms with Crippen molar-refractivity contribution in [1.29, 1.82) is 0 Å². The Bertz CT molecular complexity index is 312. The molecule has 0 aliphatic rings. The third-order valence-corrected chi connectivity index (χ3v) is 2.47. The highest BCUT2D eigenvalue weighted by molar-refractivity contribution is 4.94. The summed E-state index contributed by atoms with van der Waals surface area (Å²) in [5.41, 5.74) is 5.93. The highest BCUT2D eigenvalue weighted by Gasteiger charge is 2.18. The predicted molar refractivity (Wildman–Crippen MR) is 60.8 cm³/mol. The number of aromatic nitrogens is 2. The summed E-state index contributed by atoms with van der Waals surface area (Å²) in [5.74, 6) is 1.90. The zero-order valence-corrected chi connectivity index (χ0v) is 10.4. The molecule has 1 aromatic rings. The Morgan fingerprint density at radius 2 is 2.06 bits per heavy atom. The summed E-state index contributed by atoms with van der Waals surface area (Å²) in [7, 11) is 1.68. The van der Waals surface area contributed by atoms with E-state index in [4.69, 9.17) is 15.0 Å². The predicted octanol–water partition coefficient (Wildman–Crippen LogP) is 1.55. The van der Waals surface area contributed by atoms with Crippen molar-refractivity contribution in [2.75, 3.05) is 13.7 Å². The molecule has 0 aromatic carbocycles. The zero-order chi connectivity index (χ0) is 12.1. The van der Waals surface area contributed by atoms with Crippen LogP contribution in [0.4, 0.5) is 0 Å². The molecule has 0 spiro atoms. The van der Waals surface area contributed by atoms with Gasteiger partial charge in [-0.2, -0.15) is 4.98 Å². The minimum atomic E-state index is -0.157. The molecule has 0 saturated carbocycles. The molecule has 0 aliphatic carbocycles. The number of rotatable bonds is 6. The van der Waals surface area contributed by atoms with Crippen molar-refractivity contribution in [2.45, 2.75) is 33.2 Å².